The topological polar surface area (TPSA) is 43.4 Å². The van der Waals surface area contributed by atoms with Crippen molar-refractivity contribution in [3.05, 3.63) is 46.6 Å². The molecule has 0 aliphatic heterocycles. The summed E-state index contributed by atoms with van der Waals surface area (Å²) in [6.07, 6.45) is 1.60. The third-order valence-corrected chi connectivity index (χ3v) is 1.77. The van der Waals surface area contributed by atoms with Gasteiger partial charge < -0.3 is 4.74 Å². The Balaban J connectivity index is 2.65. The van der Waals surface area contributed by atoms with Crippen molar-refractivity contribution in [3.63, 3.8) is 0 Å². The summed E-state index contributed by atoms with van der Waals surface area (Å²) >= 11 is 2.89. The maximum Gasteiger partial charge on any atom is 0.342 e. The smallest absolute Gasteiger partial charge is 0.342 e. The summed E-state index contributed by atoms with van der Waals surface area (Å²) in [5, 5.41) is 0. The second kappa shape index (κ2) is 5.34. The molecule has 0 atom stereocenters. The number of benzene rings is 1. The Morgan fingerprint density at radius 3 is 2.50 bits per heavy atom. The van der Waals surface area contributed by atoms with Gasteiger partial charge in [-0.15, -0.1) is 0 Å². The van der Waals surface area contributed by atoms with Gasteiger partial charge in [-0.3, -0.25) is 4.79 Å². The zero-order valence-electron chi connectivity index (χ0n) is 7.14. The van der Waals surface area contributed by atoms with Crippen LogP contribution in [0.5, 0.6) is 0 Å². The number of aldehydes is 1. The largest absolute Gasteiger partial charge is 0.430 e. The Morgan fingerprint density at radius 2 is 1.93 bits per heavy atom. The maximum absolute atomic E-state index is 11.3. The molecule has 0 fully saturated rings. The minimum atomic E-state index is -0.496. The normalized spacial score (nSPS) is 10.8. The number of carbonyl (C=O) groups is 2. The van der Waals surface area contributed by atoms with Crippen LogP contribution in [0.1, 0.15) is 10.4 Å². The lowest BCUT2D eigenvalue weighted by atomic mass is 10.2. The van der Waals surface area contributed by atoms with Gasteiger partial charge in [-0.2, -0.15) is 0 Å². The Hall–Kier alpha value is -1.42. The first-order chi connectivity index (χ1) is 6.74. The van der Waals surface area contributed by atoms with E-state index in [1.165, 1.54) is 0 Å². The molecular weight excluding hydrogens is 248 g/mol. The second-order valence-corrected chi connectivity index (χ2v) is 3.31. The molecule has 0 aromatic heterocycles. The number of allylic oxidation sites excluding steroid dienone is 1. The van der Waals surface area contributed by atoms with E-state index in [2.05, 4.69) is 15.9 Å². The number of rotatable bonds is 3. The van der Waals surface area contributed by atoms with Gasteiger partial charge >= 0.3 is 5.97 Å². The molecule has 0 amide bonds. The first kappa shape index (κ1) is 10.7. The molecule has 1 aromatic rings. The Labute approximate surface area is 89.5 Å². The molecule has 0 spiro atoms. The fourth-order valence-electron chi connectivity index (χ4n) is 0.780. The summed E-state index contributed by atoms with van der Waals surface area (Å²) in [6.45, 7) is 0. The van der Waals surface area contributed by atoms with Gasteiger partial charge in [0.25, 0.3) is 0 Å². The summed E-state index contributed by atoms with van der Waals surface area (Å²) in [7, 11) is 0. The molecule has 14 heavy (non-hydrogen) atoms. The summed E-state index contributed by atoms with van der Waals surface area (Å²) in [6, 6.07) is 8.52. The average molecular weight is 255 g/mol. The zero-order chi connectivity index (χ0) is 10.4. The van der Waals surface area contributed by atoms with Crippen LogP contribution in [0.15, 0.2) is 41.1 Å². The van der Waals surface area contributed by atoms with Crippen molar-refractivity contribution in [2.45, 2.75) is 0 Å². The zero-order valence-corrected chi connectivity index (χ0v) is 8.73. The van der Waals surface area contributed by atoms with E-state index >= 15 is 0 Å². The van der Waals surface area contributed by atoms with Crippen LogP contribution >= 0.6 is 15.9 Å². The highest BCUT2D eigenvalue weighted by atomic mass is 79.9. The summed E-state index contributed by atoms with van der Waals surface area (Å²) < 4.78 is 4.88. The fourth-order valence-corrected chi connectivity index (χ4v) is 0.873. The first-order valence-corrected chi connectivity index (χ1v) is 4.60. The van der Waals surface area contributed by atoms with Crippen molar-refractivity contribution in [2.24, 2.45) is 0 Å². The monoisotopic (exact) mass is 254 g/mol. The quantitative estimate of drug-likeness (QED) is 0.360. The van der Waals surface area contributed by atoms with Crippen LogP contribution < -0.4 is 0 Å². The predicted molar refractivity (Wildman–Crippen MR) is 54.9 cm³/mol. The summed E-state index contributed by atoms with van der Waals surface area (Å²) in [4.78, 5) is 21.4. The molecule has 3 nitrogen and oxygen atoms in total. The van der Waals surface area contributed by atoms with Crippen molar-refractivity contribution < 1.29 is 14.3 Å². The van der Waals surface area contributed by atoms with Crippen LogP contribution in [-0.2, 0) is 9.53 Å². The molecule has 0 unspecified atom stereocenters. The van der Waals surface area contributed by atoms with E-state index in [9.17, 15) is 9.59 Å². The lowest BCUT2D eigenvalue weighted by molar-refractivity contribution is -0.104. The van der Waals surface area contributed by atoms with Crippen LogP contribution in [-0.4, -0.2) is 12.3 Å². The highest BCUT2D eigenvalue weighted by Gasteiger charge is 2.03. The third kappa shape index (κ3) is 3.14. The van der Waals surface area contributed by atoms with Gasteiger partial charge in [-0.05, 0) is 28.1 Å². The van der Waals surface area contributed by atoms with Gasteiger partial charge in [-0.1, -0.05) is 18.2 Å². The van der Waals surface area contributed by atoms with Gasteiger partial charge in [-0.25, -0.2) is 4.79 Å². The molecule has 0 radical (unpaired) electrons. The molecule has 0 N–H and O–H groups in total. The first-order valence-electron chi connectivity index (χ1n) is 3.81. The molecule has 0 heterocycles. The van der Waals surface area contributed by atoms with E-state index in [1.807, 2.05) is 0 Å². The Kier molecular flexibility index (Phi) is 4.07. The van der Waals surface area contributed by atoms with E-state index in [1.54, 1.807) is 30.3 Å². The molecule has 4 heteroatoms. The fraction of sp³-hybridized carbons (Fsp3) is 0. The van der Waals surface area contributed by atoms with Gasteiger partial charge in [0.1, 0.15) is 6.26 Å². The molecule has 0 aliphatic carbocycles. The van der Waals surface area contributed by atoms with Crippen molar-refractivity contribution in [2.75, 3.05) is 0 Å². The third-order valence-electron chi connectivity index (χ3n) is 1.40. The molecule has 0 saturated carbocycles. The minimum absolute atomic E-state index is 0.182. The predicted octanol–water partition coefficient (Wildman–Crippen LogP) is 2.28. The number of hydrogen-bond donors (Lipinski definition) is 0. The van der Waals surface area contributed by atoms with E-state index in [-0.39, 0.29) is 4.48 Å². The van der Waals surface area contributed by atoms with Crippen molar-refractivity contribution >= 4 is 28.2 Å². The number of esters is 1. The van der Waals surface area contributed by atoms with Crippen molar-refractivity contribution in [1.82, 2.24) is 0 Å². The molecule has 1 rings (SSSR count). The maximum atomic E-state index is 11.3. The van der Waals surface area contributed by atoms with E-state index in [0.717, 1.165) is 6.26 Å². The van der Waals surface area contributed by atoms with Crippen LogP contribution in [0.2, 0.25) is 0 Å². The van der Waals surface area contributed by atoms with E-state index in [0.29, 0.717) is 11.8 Å². The van der Waals surface area contributed by atoms with Crippen molar-refractivity contribution in [1.29, 1.82) is 0 Å². The highest BCUT2D eigenvalue weighted by Crippen LogP contribution is 2.04. The highest BCUT2D eigenvalue weighted by molar-refractivity contribution is 9.12. The lowest BCUT2D eigenvalue weighted by Gasteiger charge is -1.97. The molecule has 0 saturated heterocycles. The van der Waals surface area contributed by atoms with Crippen LogP contribution in [0, 0.1) is 0 Å². The van der Waals surface area contributed by atoms with Crippen molar-refractivity contribution in [3.8, 4) is 0 Å². The Morgan fingerprint density at radius 1 is 1.29 bits per heavy atom. The van der Waals surface area contributed by atoms with Crippen LogP contribution in [0.3, 0.4) is 0 Å². The number of halogens is 1. The molecule has 0 bridgehead atoms. The van der Waals surface area contributed by atoms with Crippen LogP contribution in [0.25, 0.3) is 0 Å². The molecule has 72 valence electrons. The number of ether oxygens (including phenoxy) is 1. The average Bonchev–Trinajstić information content (AvgIpc) is 2.26. The number of carbonyl (C=O) groups excluding carboxylic acids is 2. The molecule has 1 aromatic carbocycles. The van der Waals surface area contributed by atoms with E-state index < -0.39 is 5.97 Å². The van der Waals surface area contributed by atoms with E-state index in [4.69, 9.17) is 4.74 Å². The van der Waals surface area contributed by atoms with Gasteiger partial charge in [0.2, 0.25) is 0 Å². The number of hydrogen-bond acceptors (Lipinski definition) is 3. The van der Waals surface area contributed by atoms with Gasteiger partial charge in [0, 0.05) is 0 Å². The molecular formula is C10H7BrO3. The van der Waals surface area contributed by atoms with Gasteiger partial charge in [0.15, 0.2) is 6.29 Å². The summed E-state index contributed by atoms with van der Waals surface area (Å²) in [5.41, 5.74) is 0.440. The Bertz CT molecular complexity index is 357. The molecule has 0 aliphatic rings. The lowest BCUT2D eigenvalue weighted by Crippen LogP contribution is -2.00. The van der Waals surface area contributed by atoms with Gasteiger partial charge in [0.05, 0.1) is 10.0 Å². The van der Waals surface area contributed by atoms with Crippen LogP contribution in [0.4, 0.5) is 0 Å². The minimum Gasteiger partial charge on any atom is -0.430 e. The second-order valence-electron chi connectivity index (χ2n) is 2.39. The summed E-state index contributed by atoms with van der Waals surface area (Å²) in [5.74, 6) is -0.496. The SMILES string of the molecule is O=CC(Br)=COC(=O)c1ccccc1. The standard InChI is InChI=1S/C10H7BrO3/c11-9(6-12)7-14-10(13)8-4-2-1-3-5-8/h1-7H.